The van der Waals surface area contributed by atoms with Gasteiger partial charge in [-0.1, -0.05) is 0 Å². The predicted octanol–water partition coefficient (Wildman–Crippen LogP) is 3.71. The zero-order valence-electron chi connectivity index (χ0n) is 28.0. The fourth-order valence-corrected chi connectivity index (χ4v) is 6.78. The van der Waals surface area contributed by atoms with Gasteiger partial charge in [-0.15, -0.1) is 0 Å². The average Bonchev–Trinajstić information content (AvgIpc) is 3.67. The molecule has 3 atom stereocenters. The molecule has 0 amide bonds. The number of piperazine rings is 1. The molecule has 1 saturated carbocycles. The van der Waals surface area contributed by atoms with E-state index < -0.39 is 18.0 Å². The Morgan fingerprint density at radius 1 is 1.04 bits per heavy atom. The second kappa shape index (κ2) is 15.1. The van der Waals surface area contributed by atoms with Crippen molar-refractivity contribution in [1.82, 2.24) is 24.3 Å². The number of carbonyl (C=O) groups excluding carboxylic acids is 2. The molecule has 260 valence electrons. The van der Waals surface area contributed by atoms with Crippen molar-refractivity contribution in [2.75, 3.05) is 64.1 Å². The van der Waals surface area contributed by atoms with Crippen molar-refractivity contribution in [3.05, 3.63) is 18.6 Å². The Balaban J connectivity index is 1.16. The van der Waals surface area contributed by atoms with Gasteiger partial charge >= 0.3 is 6.09 Å². The number of anilines is 1. The Hall–Kier alpha value is -2.88. The monoisotopic (exact) mass is 658 g/mol. The summed E-state index contributed by atoms with van der Waals surface area (Å²) in [5.74, 6) is 0.773. The van der Waals surface area contributed by atoms with Gasteiger partial charge in [0.2, 0.25) is 6.35 Å². The molecular formula is C33H50N6O8. The van der Waals surface area contributed by atoms with Gasteiger partial charge in [0.25, 0.3) is 6.47 Å². The largest absolute Gasteiger partial charge is 0.443 e. The highest BCUT2D eigenvalue weighted by Gasteiger charge is 2.55. The summed E-state index contributed by atoms with van der Waals surface area (Å²) in [5.41, 5.74) is -0.318. The maximum atomic E-state index is 12.9. The molecule has 0 bridgehead atoms. The number of aromatic nitrogens is 3. The highest BCUT2D eigenvalue weighted by atomic mass is 16.7. The van der Waals surface area contributed by atoms with Crippen molar-refractivity contribution in [2.24, 2.45) is 0 Å². The van der Waals surface area contributed by atoms with E-state index in [1.807, 2.05) is 26.8 Å². The first-order valence-electron chi connectivity index (χ1n) is 17.1. The van der Waals surface area contributed by atoms with Crippen LogP contribution in [-0.2, 0) is 33.2 Å². The van der Waals surface area contributed by atoms with Crippen LogP contribution in [-0.4, -0.2) is 126 Å². The van der Waals surface area contributed by atoms with E-state index in [-0.39, 0.29) is 18.1 Å². The molecule has 3 unspecified atom stereocenters. The number of rotatable bonds is 13. The summed E-state index contributed by atoms with van der Waals surface area (Å²) in [6.07, 6.45) is 9.74. The van der Waals surface area contributed by atoms with Crippen LogP contribution < -0.4 is 4.90 Å². The number of carbonyl (C=O) groups is 2. The van der Waals surface area contributed by atoms with Crippen LogP contribution in [0.1, 0.15) is 72.1 Å². The van der Waals surface area contributed by atoms with Gasteiger partial charge in [-0.3, -0.25) is 9.69 Å². The molecule has 0 radical (unpaired) electrons. The van der Waals surface area contributed by atoms with Crippen LogP contribution in [0.5, 0.6) is 0 Å². The summed E-state index contributed by atoms with van der Waals surface area (Å²) >= 11 is 0. The lowest BCUT2D eigenvalue weighted by atomic mass is 10.1. The van der Waals surface area contributed by atoms with Gasteiger partial charge in [0.15, 0.2) is 18.2 Å². The quantitative estimate of drug-likeness (QED) is 0.229. The van der Waals surface area contributed by atoms with Gasteiger partial charge < -0.3 is 33.3 Å². The van der Waals surface area contributed by atoms with Gasteiger partial charge in [-0.2, -0.15) is 0 Å². The number of hydrogen-bond acceptors (Lipinski definition) is 13. The number of ether oxygens (including phenoxy) is 6. The minimum Gasteiger partial charge on any atom is -0.443 e. The summed E-state index contributed by atoms with van der Waals surface area (Å²) in [6.45, 7) is 11.5. The molecule has 47 heavy (non-hydrogen) atoms. The van der Waals surface area contributed by atoms with Crippen LogP contribution in [0.25, 0.3) is 11.0 Å². The molecule has 5 heterocycles. The Morgan fingerprint density at radius 3 is 2.30 bits per heavy atom. The first-order chi connectivity index (χ1) is 22.8. The van der Waals surface area contributed by atoms with Crippen molar-refractivity contribution in [3.63, 3.8) is 0 Å². The van der Waals surface area contributed by atoms with Crippen molar-refractivity contribution in [1.29, 1.82) is 0 Å². The molecule has 3 saturated heterocycles. The topological polar surface area (TPSA) is 130 Å². The number of nitrogens with zero attached hydrogens (tertiary/aromatic N) is 6. The smallest absolute Gasteiger partial charge is 0.420 e. The highest BCUT2D eigenvalue weighted by Crippen LogP contribution is 2.47. The van der Waals surface area contributed by atoms with Crippen LogP contribution in [0.3, 0.4) is 0 Å². The first kappa shape index (κ1) is 34.0. The van der Waals surface area contributed by atoms with E-state index in [0.29, 0.717) is 58.1 Å². The van der Waals surface area contributed by atoms with Crippen LogP contribution in [0.2, 0.25) is 0 Å². The Kier molecular flexibility index (Phi) is 10.9. The fraction of sp³-hybridized carbons (Fsp3) is 0.758. The molecule has 14 heteroatoms. The molecule has 2 aromatic rings. The van der Waals surface area contributed by atoms with E-state index in [9.17, 15) is 9.59 Å². The number of fused-ring (bicyclic) bond motifs is 1. The highest BCUT2D eigenvalue weighted by molar-refractivity contribution is 5.93. The molecule has 14 nitrogen and oxygen atoms in total. The third-order valence-electron chi connectivity index (χ3n) is 9.28. The van der Waals surface area contributed by atoms with Crippen molar-refractivity contribution < 1.29 is 38.0 Å². The van der Waals surface area contributed by atoms with Gasteiger partial charge in [0.05, 0.1) is 18.6 Å². The average molecular weight is 659 g/mol. The summed E-state index contributed by atoms with van der Waals surface area (Å²) in [4.78, 5) is 40.6. The summed E-state index contributed by atoms with van der Waals surface area (Å²) in [6, 6.07) is 1.87. The zero-order chi connectivity index (χ0) is 32.9. The molecule has 1 spiro atoms. The Bertz CT molecular complexity index is 1310. The van der Waals surface area contributed by atoms with Crippen molar-refractivity contribution in [2.45, 2.75) is 102 Å². The van der Waals surface area contributed by atoms with E-state index in [0.717, 1.165) is 75.8 Å². The van der Waals surface area contributed by atoms with E-state index in [1.54, 1.807) is 6.20 Å². The molecule has 0 N–H and O–H groups in total. The standard InChI is InChI=1S/C33H50N6O8/c1-32(2,3)47-31(41)38-13-10-25-28(34-23-35-29(25)38)37-14-15-39(33(22-37)11-12-33)30(46-24-40)36(16-20-44-26-8-4-6-18-42-26)17-21-45-27-9-5-7-19-43-27/h10,13,23-24,26-27,30H,4-9,11-12,14-22H2,1-3H3. The lowest BCUT2D eigenvalue weighted by Gasteiger charge is -2.48. The van der Waals surface area contributed by atoms with E-state index in [4.69, 9.17) is 28.4 Å². The van der Waals surface area contributed by atoms with E-state index in [2.05, 4.69) is 24.7 Å². The normalized spacial score (nSPS) is 24.0. The van der Waals surface area contributed by atoms with Crippen molar-refractivity contribution >= 4 is 29.4 Å². The van der Waals surface area contributed by atoms with Crippen LogP contribution in [0.15, 0.2) is 18.6 Å². The molecule has 4 fully saturated rings. The summed E-state index contributed by atoms with van der Waals surface area (Å²) in [5, 5.41) is 0.786. The number of hydrogen-bond donors (Lipinski definition) is 0. The molecule has 4 aliphatic rings. The van der Waals surface area contributed by atoms with Gasteiger partial charge in [-0.05, 0) is 78.2 Å². The minimum absolute atomic E-state index is 0.198. The Labute approximate surface area is 276 Å². The molecule has 3 aliphatic heterocycles. The molecule has 1 aliphatic carbocycles. The molecule has 2 aromatic heterocycles. The lowest BCUT2D eigenvalue weighted by molar-refractivity contribution is -0.202. The molecular weight excluding hydrogens is 608 g/mol. The Morgan fingerprint density at radius 2 is 1.72 bits per heavy atom. The second-order valence-electron chi connectivity index (χ2n) is 13.9. The zero-order valence-corrected chi connectivity index (χ0v) is 28.0. The minimum atomic E-state index is -0.627. The van der Waals surface area contributed by atoms with Gasteiger partial charge in [-0.25, -0.2) is 24.2 Å². The maximum absolute atomic E-state index is 12.9. The molecule has 6 rings (SSSR count). The fourth-order valence-electron chi connectivity index (χ4n) is 6.78. The van der Waals surface area contributed by atoms with E-state index >= 15 is 0 Å². The van der Waals surface area contributed by atoms with E-state index in [1.165, 1.54) is 10.9 Å². The summed E-state index contributed by atoms with van der Waals surface area (Å²) < 4.78 is 36.7. The third-order valence-corrected chi connectivity index (χ3v) is 9.28. The van der Waals surface area contributed by atoms with Crippen LogP contribution in [0.4, 0.5) is 10.6 Å². The van der Waals surface area contributed by atoms with Crippen LogP contribution >= 0.6 is 0 Å². The van der Waals surface area contributed by atoms with Gasteiger partial charge in [0.1, 0.15) is 17.7 Å². The molecule has 0 aromatic carbocycles. The second-order valence-corrected chi connectivity index (χ2v) is 13.9. The van der Waals surface area contributed by atoms with Gasteiger partial charge in [0, 0.05) is 57.7 Å². The van der Waals surface area contributed by atoms with Crippen molar-refractivity contribution in [3.8, 4) is 0 Å². The summed E-state index contributed by atoms with van der Waals surface area (Å²) in [7, 11) is 0. The third kappa shape index (κ3) is 8.41. The first-order valence-corrected chi connectivity index (χ1v) is 17.1. The SMILES string of the molecule is CC(C)(C)OC(=O)n1ccc2c(N3CCN(C(OC=O)N(CCOC4CCCCO4)CCOC4CCCCO4)C4(CC4)C3)ncnc21. The van der Waals surface area contributed by atoms with Crippen LogP contribution in [0, 0.1) is 0 Å². The maximum Gasteiger partial charge on any atom is 0.420 e. The lowest BCUT2D eigenvalue weighted by Crippen LogP contribution is -2.64. The predicted molar refractivity (Wildman–Crippen MR) is 172 cm³/mol.